The van der Waals surface area contributed by atoms with Crippen LogP contribution in [0.4, 0.5) is 5.69 Å². The van der Waals surface area contributed by atoms with E-state index in [-0.39, 0.29) is 0 Å². The van der Waals surface area contributed by atoms with E-state index >= 15 is 0 Å². The van der Waals surface area contributed by atoms with E-state index in [9.17, 15) is 8.42 Å². The highest BCUT2D eigenvalue weighted by atomic mass is 35.5. The Morgan fingerprint density at radius 3 is 2.36 bits per heavy atom. The first kappa shape index (κ1) is 17.2. The number of rotatable bonds is 2. The van der Waals surface area contributed by atoms with E-state index in [2.05, 4.69) is 22.0 Å². The van der Waals surface area contributed by atoms with E-state index in [4.69, 9.17) is 11.6 Å². The average Bonchev–Trinajstić information content (AvgIpc) is 3.03. The second-order valence-corrected chi connectivity index (χ2v) is 9.93. The van der Waals surface area contributed by atoms with Crippen LogP contribution in [-0.2, 0) is 10.0 Å². The van der Waals surface area contributed by atoms with Gasteiger partial charge < -0.3 is 9.88 Å². The summed E-state index contributed by atoms with van der Waals surface area (Å²) in [6.45, 7) is 3.33. The molecule has 1 N–H and O–H groups in total. The van der Waals surface area contributed by atoms with Gasteiger partial charge in [-0.2, -0.15) is 0 Å². The van der Waals surface area contributed by atoms with E-state index in [0.29, 0.717) is 18.5 Å². The molecule has 136 valence electrons. The van der Waals surface area contributed by atoms with Crippen molar-refractivity contribution in [2.24, 2.45) is 5.41 Å². The number of fused-ring (bicyclic) bond motifs is 1. The molecule has 7 heteroatoms. The number of sulfonamides is 1. The van der Waals surface area contributed by atoms with Crippen molar-refractivity contribution in [2.75, 3.05) is 37.3 Å². The van der Waals surface area contributed by atoms with Crippen LogP contribution in [0, 0.1) is 5.41 Å². The van der Waals surface area contributed by atoms with Gasteiger partial charge in [-0.15, -0.1) is 0 Å². The second-order valence-electron chi connectivity index (χ2n) is 7.51. The standard InChI is InChI=1S/C18H24ClN3O2S/c1-25(23,24)22-10-5-18(6-11-22)3-8-21(9-4-18)17-13-14(19)12-16-15(17)2-7-20-16/h2,7,12-13,20H,3-6,8-11H2,1H3. The predicted molar refractivity (Wildman–Crippen MR) is 103 cm³/mol. The predicted octanol–water partition coefficient (Wildman–Crippen LogP) is 3.46. The fourth-order valence-electron chi connectivity index (χ4n) is 4.39. The van der Waals surface area contributed by atoms with Gasteiger partial charge in [0.05, 0.1) is 6.26 Å². The zero-order chi connectivity index (χ0) is 17.7. The van der Waals surface area contributed by atoms with E-state index in [1.54, 1.807) is 4.31 Å². The van der Waals surface area contributed by atoms with Gasteiger partial charge in [-0.1, -0.05) is 11.6 Å². The number of nitrogens with one attached hydrogen (secondary N) is 1. The molecule has 5 nitrogen and oxygen atoms in total. The summed E-state index contributed by atoms with van der Waals surface area (Å²) in [5, 5.41) is 1.97. The van der Waals surface area contributed by atoms with Crippen molar-refractivity contribution in [3.05, 3.63) is 29.4 Å². The molecule has 0 amide bonds. The molecular formula is C18H24ClN3O2S. The second kappa shape index (κ2) is 6.18. The SMILES string of the molecule is CS(=O)(=O)N1CCC2(CCN(c3cc(Cl)cc4[nH]ccc34)CC2)CC1. The van der Waals surface area contributed by atoms with Crippen LogP contribution in [0.3, 0.4) is 0 Å². The van der Waals surface area contributed by atoms with Crippen molar-refractivity contribution in [1.82, 2.24) is 9.29 Å². The van der Waals surface area contributed by atoms with Crippen molar-refractivity contribution in [3.8, 4) is 0 Å². The molecule has 25 heavy (non-hydrogen) atoms. The molecule has 4 rings (SSSR count). The minimum absolute atomic E-state index is 0.299. The zero-order valence-electron chi connectivity index (χ0n) is 14.5. The van der Waals surface area contributed by atoms with Crippen molar-refractivity contribution in [1.29, 1.82) is 0 Å². The van der Waals surface area contributed by atoms with Crippen LogP contribution in [0.25, 0.3) is 10.9 Å². The van der Waals surface area contributed by atoms with Crippen LogP contribution in [0.1, 0.15) is 25.7 Å². The quantitative estimate of drug-likeness (QED) is 0.866. The van der Waals surface area contributed by atoms with Crippen LogP contribution in [0.15, 0.2) is 24.4 Å². The number of aromatic amines is 1. The van der Waals surface area contributed by atoms with Gasteiger partial charge in [-0.05, 0) is 49.3 Å². The molecule has 0 bridgehead atoms. The summed E-state index contributed by atoms with van der Waals surface area (Å²) in [5.41, 5.74) is 2.57. The molecular weight excluding hydrogens is 358 g/mol. The molecule has 1 aromatic heterocycles. The third kappa shape index (κ3) is 3.27. The monoisotopic (exact) mass is 381 g/mol. The number of piperidine rings is 2. The van der Waals surface area contributed by atoms with Gasteiger partial charge in [-0.3, -0.25) is 0 Å². The lowest BCUT2D eigenvalue weighted by molar-refractivity contribution is 0.119. The summed E-state index contributed by atoms with van der Waals surface area (Å²) in [4.78, 5) is 5.67. The Labute approximate surface area is 154 Å². The first-order valence-corrected chi connectivity index (χ1v) is 11.1. The Balaban J connectivity index is 1.48. The first-order valence-electron chi connectivity index (χ1n) is 8.83. The molecule has 2 aromatic rings. The average molecular weight is 382 g/mol. The maximum atomic E-state index is 11.7. The third-order valence-corrected chi connectivity index (χ3v) is 7.55. The van der Waals surface area contributed by atoms with E-state index in [0.717, 1.165) is 49.3 Å². The molecule has 3 heterocycles. The lowest BCUT2D eigenvalue weighted by Crippen LogP contribution is -2.48. The highest BCUT2D eigenvalue weighted by Gasteiger charge is 2.39. The van der Waals surface area contributed by atoms with Crippen LogP contribution in [-0.4, -0.2) is 50.1 Å². The molecule has 2 saturated heterocycles. The van der Waals surface area contributed by atoms with E-state index in [1.165, 1.54) is 17.3 Å². The Hall–Kier alpha value is -1.24. The van der Waals surface area contributed by atoms with Gasteiger partial charge in [0.1, 0.15) is 0 Å². The highest BCUT2D eigenvalue weighted by molar-refractivity contribution is 7.88. The van der Waals surface area contributed by atoms with Crippen LogP contribution >= 0.6 is 11.6 Å². The molecule has 0 atom stereocenters. The zero-order valence-corrected chi connectivity index (χ0v) is 16.0. The Morgan fingerprint density at radius 1 is 1.08 bits per heavy atom. The van der Waals surface area contributed by atoms with Crippen molar-refractivity contribution in [2.45, 2.75) is 25.7 Å². The third-order valence-electron chi connectivity index (χ3n) is 6.03. The topological polar surface area (TPSA) is 56.4 Å². The Morgan fingerprint density at radius 2 is 1.72 bits per heavy atom. The van der Waals surface area contributed by atoms with Crippen LogP contribution in [0.5, 0.6) is 0 Å². The van der Waals surface area contributed by atoms with Gasteiger partial charge in [0.2, 0.25) is 10.0 Å². The fraction of sp³-hybridized carbons (Fsp3) is 0.556. The van der Waals surface area contributed by atoms with Crippen molar-refractivity contribution >= 4 is 38.2 Å². The minimum Gasteiger partial charge on any atom is -0.371 e. The van der Waals surface area contributed by atoms with Gasteiger partial charge >= 0.3 is 0 Å². The number of nitrogens with zero attached hydrogens (tertiary/aromatic N) is 2. The molecule has 0 radical (unpaired) electrons. The molecule has 1 spiro atoms. The normalized spacial score (nSPS) is 21.9. The molecule has 0 unspecified atom stereocenters. The first-order chi connectivity index (χ1) is 11.9. The minimum atomic E-state index is -3.05. The largest absolute Gasteiger partial charge is 0.371 e. The lowest BCUT2D eigenvalue weighted by atomic mass is 9.71. The summed E-state index contributed by atoms with van der Waals surface area (Å²) in [6.07, 6.45) is 7.45. The Kier molecular flexibility index (Phi) is 4.25. The number of aromatic nitrogens is 1. The summed E-state index contributed by atoms with van der Waals surface area (Å²) >= 11 is 6.29. The highest BCUT2D eigenvalue weighted by Crippen LogP contribution is 2.43. The molecule has 2 aliphatic heterocycles. The summed E-state index contributed by atoms with van der Waals surface area (Å²) in [5.74, 6) is 0. The smallest absolute Gasteiger partial charge is 0.211 e. The van der Waals surface area contributed by atoms with Crippen molar-refractivity contribution in [3.63, 3.8) is 0 Å². The number of halogens is 1. The van der Waals surface area contributed by atoms with E-state index < -0.39 is 10.0 Å². The van der Waals surface area contributed by atoms with Gasteiger partial charge in [-0.25, -0.2) is 12.7 Å². The van der Waals surface area contributed by atoms with Crippen molar-refractivity contribution < 1.29 is 8.42 Å². The number of hydrogen-bond acceptors (Lipinski definition) is 3. The molecule has 2 fully saturated rings. The summed E-state index contributed by atoms with van der Waals surface area (Å²) < 4.78 is 25.1. The van der Waals surface area contributed by atoms with Gasteiger partial charge in [0.15, 0.2) is 0 Å². The summed E-state index contributed by atoms with van der Waals surface area (Å²) in [7, 11) is -3.05. The maximum Gasteiger partial charge on any atom is 0.211 e. The molecule has 0 aliphatic carbocycles. The molecule has 0 saturated carbocycles. The molecule has 2 aliphatic rings. The van der Waals surface area contributed by atoms with Crippen LogP contribution in [0.2, 0.25) is 5.02 Å². The number of H-pyrrole nitrogens is 1. The van der Waals surface area contributed by atoms with E-state index in [1.807, 2.05) is 12.3 Å². The number of benzene rings is 1. The van der Waals surface area contributed by atoms with Gasteiger partial charge in [0, 0.05) is 54.0 Å². The lowest BCUT2D eigenvalue weighted by Gasteiger charge is -2.47. The summed E-state index contributed by atoms with van der Waals surface area (Å²) in [6, 6.07) is 6.13. The molecule has 1 aromatic carbocycles. The fourth-order valence-corrected chi connectivity index (χ4v) is 5.45. The number of hydrogen-bond donors (Lipinski definition) is 1. The number of anilines is 1. The van der Waals surface area contributed by atoms with Crippen LogP contribution < -0.4 is 4.90 Å². The Bertz CT molecular complexity index is 875. The maximum absolute atomic E-state index is 11.7. The van der Waals surface area contributed by atoms with Gasteiger partial charge in [0.25, 0.3) is 0 Å².